The fourth-order valence-electron chi connectivity index (χ4n) is 1.09. The van der Waals surface area contributed by atoms with Gasteiger partial charge in [-0.1, -0.05) is 0 Å². The number of halogens is 1. The van der Waals surface area contributed by atoms with E-state index in [1.165, 1.54) is 12.8 Å². The van der Waals surface area contributed by atoms with E-state index in [2.05, 4.69) is 10.1 Å². The van der Waals surface area contributed by atoms with Crippen molar-refractivity contribution in [1.29, 1.82) is 0 Å². The van der Waals surface area contributed by atoms with Crippen LogP contribution in [0.3, 0.4) is 0 Å². The Balaban J connectivity index is 2.07. The Morgan fingerprint density at radius 3 is 3.09 bits per heavy atom. The Hall–Kier alpha value is -0.570. The van der Waals surface area contributed by atoms with Gasteiger partial charge in [-0.15, -0.1) is 11.6 Å². The SMILES string of the molecule is ClCc1ncnn1CC1CC1. The van der Waals surface area contributed by atoms with Gasteiger partial charge in [-0.25, -0.2) is 9.67 Å². The lowest BCUT2D eigenvalue weighted by atomic mass is 10.4. The van der Waals surface area contributed by atoms with Crippen molar-refractivity contribution in [3.8, 4) is 0 Å². The Labute approximate surface area is 70.4 Å². The predicted molar refractivity (Wildman–Crippen MR) is 42.3 cm³/mol. The van der Waals surface area contributed by atoms with Gasteiger partial charge in [0.25, 0.3) is 0 Å². The highest BCUT2D eigenvalue weighted by Gasteiger charge is 2.22. The van der Waals surface area contributed by atoms with Gasteiger partial charge in [0.2, 0.25) is 0 Å². The van der Waals surface area contributed by atoms with E-state index in [-0.39, 0.29) is 0 Å². The summed E-state index contributed by atoms with van der Waals surface area (Å²) in [7, 11) is 0. The van der Waals surface area contributed by atoms with Crippen LogP contribution in [0.2, 0.25) is 0 Å². The number of alkyl halides is 1. The van der Waals surface area contributed by atoms with Gasteiger partial charge in [0.1, 0.15) is 12.2 Å². The summed E-state index contributed by atoms with van der Waals surface area (Å²) in [5.74, 6) is 2.18. The number of hydrogen-bond donors (Lipinski definition) is 0. The van der Waals surface area contributed by atoms with E-state index in [9.17, 15) is 0 Å². The first-order chi connectivity index (χ1) is 5.40. The van der Waals surface area contributed by atoms with Crippen LogP contribution in [-0.2, 0) is 12.4 Å². The van der Waals surface area contributed by atoms with E-state index in [0.717, 1.165) is 18.3 Å². The van der Waals surface area contributed by atoms with Gasteiger partial charge in [-0.05, 0) is 18.8 Å². The lowest BCUT2D eigenvalue weighted by molar-refractivity contribution is 0.545. The molecule has 0 radical (unpaired) electrons. The number of hydrogen-bond acceptors (Lipinski definition) is 2. The van der Waals surface area contributed by atoms with Gasteiger partial charge in [0, 0.05) is 6.54 Å². The van der Waals surface area contributed by atoms with Crippen molar-refractivity contribution in [2.24, 2.45) is 5.92 Å². The molecular formula is C7H10ClN3. The first-order valence-corrected chi connectivity index (χ1v) is 4.36. The molecule has 1 aromatic rings. The third-order valence-electron chi connectivity index (χ3n) is 1.94. The molecule has 0 bridgehead atoms. The number of aromatic nitrogens is 3. The molecule has 1 aliphatic carbocycles. The van der Waals surface area contributed by atoms with Crippen molar-refractivity contribution in [2.75, 3.05) is 0 Å². The van der Waals surface area contributed by atoms with Crippen molar-refractivity contribution in [2.45, 2.75) is 25.3 Å². The molecule has 11 heavy (non-hydrogen) atoms. The second-order valence-electron chi connectivity index (χ2n) is 2.94. The van der Waals surface area contributed by atoms with E-state index in [4.69, 9.17) is 11.6 Å². The summed E-state index contributed by atoms with van der Waals surface area (Å²) in [6.45, 7) is 1.00. The fraction of sp³-hybridized carbons (Fsp3) is 0.714. The maximum atomic E-state index is 5.65. The molecule has 0 amide bonds. The quantitative estimate of drug-likeness (QED) is 0.645. The zero-order valence-corrected chi connectivity index (χ0v) is 6.96. The Morgan fingerprint density at radius 2 is 2.45 bits per heavy atom. The van der Waals surface area contributed by atoms with Crippen LogP contribution in [0.4, 0.5) is 0 Å². The first kappa shape index (κ1) is 7.10. The van der Waals surface area contributed by atoms with Crippen molar-refractivity contribution in [3.63, 3.8) is 0 Å². The molecular weight excluding hydrogens is 162 g/mol. The third kappa shape index (κ3) is 1.53. The van der Waals surface area contributed by atoms with E-state index in [0.29, 0.717) is 5.88 Å². The topological polar surface area (TPSA) is 30.7 Å². The zero-order valence-electron chi connectivity index (χ0n) is 6.20. The van der Waals surface area contributed by atoms with Crippen LogP contribution in [0.25, 0.3) is 0 Å². The maximum absolute atomic E-state index is 5.65. The highest BCUT2D eigenvalue weighted by molar-refractivity contribution is 6.16. The molecule has 3 nitrogen and oxygen atoms in total. The molecule has 0 aromatic carbocycles. The van der Waals surface area contributed by atoms with Gasteiger partial charge >= 0.3 is 0 Å². The molecule has 0 atom stereocenters. The van der Waals surface area contributed by atoms with E-state index >= 15 is 0 Å². The van der Waals surface area contributed by atoms with Gasteiger partial charge < -0.3 is 0 Å². The van der Waals surface area contributed by atoms with Crippen LogP contribution in [-0.4, -0.2) is 14.8 Å². The van der Waals surface area contributed by atoms with Gasteiger partial charge in [0.15, 0.2) is 0 Å². The van der Waals surface area contributed by atoms with E-state index in [1.54, 1.807) is 6.33 Å². The summed E-state index contributed by atoms with van der Waals surface area (Å²) < 4.78 is 1.91. The number of nitrogens with zero attached hydrogens (tertiary/aromatic N) is 3. The standard InChI is InChI=1S/C7H10ClN3/c8-3-7-9-5-10-11(7)4-6-1-2-6/h5-6H,1-4H2. The molecule has 0 aliphatic heterocycles. The Morgan fingerprint density at radius 1 is 1.64 bits per heavy atom. The molecule has 2 rings (SSSR count). The lowest BCUT2D eigenvalue weighted by Crippen LogP contribution is -2.05. The predicted octanol–water partition coefficient (Wildman–Crippen LogP) is 1.43. The summed E-state index contributed by atoms with van der Waals surface area (Å²) in [6, 6.07) is 0. The second kappa shape index (κ2) is 2.81. The molecule has 1 aliphatic rings. The lowest BCUT2D eigenvalue weighted by Gasteiger charge is -2.00. The molecule has 0 unspecified atom stereocenters. The molecule has 0 N–H and O–H groups in total. The van der Waals surface area contributed by atoms with Crippen LogP contribution in [0.1, 0.15) is 18.7 Å². The normalized spacial score (nSPS) is 17.2. The summed E-state index contributed by atoms with van der Waals surface area (Å²) in [5, 5.41) is 4.09. The molecule has 1 fully saturated rings. The van der Waals surface area contributed by atoms with Gasteiger partial charge in [-0.2, -0.15) is 5.10 Å². The second-order valence-corrected chi connectivity index (χ2v) is 3.20. The molecule has 1 heterocycles. The first-order valence-electron chi connectivity index (χ1n) is 3.83. The van der Waals surface area contributed by atoms with Crippen LogP contribution < -0.4 is 0 Å². The highest BCUT2D eigenvalue weighted by Crippen LogP contribution is 2.30. The molecule has 4 heteroatoms. The molecule has 0 saturated heterocycles. The summed E-state index contributed by atoms with van der Waals surface area (Å²) in [6.07, 6.45) is 4.24. The Kier molecular flexibility index (Phi) is 1.82. The molecule has 1 aromatic heterocycles. The summed E-state index contributed by atoms with van der Waals surface area (Å²) >= 11 is 5.65. The minimum absolute atomic E-state index is 0.465. The minimum Gasteiger partial charge on any atom is -0.249 e. The average molecular weight is 172 g/mol. The van der Waals surface area contributed by atoms with Crippen LogP contribution in [0.15, 0.2) is 6.33 Å². The fourth-order valence-corrected chi connectivity index (χ4v) is 1.30. The largest absolute Gasteiger partial charge is 0.249 e. The van der Waals surface area contributed by atoms with Crippen LogP contribution >= 0.6 is 11.6 Å². The van der Waals surface area contributed by atoms with Crippen LogP contribution in [0, 0.1) is 5.92 Å². The smallest absolute Gasteiger partial charge is 0.141 e. The van der Waals surface area contributed by atoms with Gasteiger partial charge in [-0.3, -0.25) is 0 Å². The maximum Gasteiger partial charge on any atom is 0.141 e. The van der Waals surface area contributed by atoms with Crippen molar-refractivity contribution in [1.82, 2.24) is 14.8 Å². The molecule has 0 spiro atoms. The van der Waals surface area contributed by atoms with Crippen molar-refractivity contribution < 1.29 is 0 Å². The van der Waals surface area contributed by atoms with Gasteiger partial charge in [0.05, 0.1) is 5.88 Å². The summed E-state index contributed by atoms with van der Waals surface area (Å²) in [4.78, 5) is 4.04. The minimum atomic E-state index is 0.465. The third-order valence-corrected chi connectivity index (χ3v) is 2.18. The van der Waals surface area contributed by atoms with Crippen molar-refractivity contribution >= 4 is 11.6 Å². The highest BCUT2D eigenvalue weighted by atomic mass is 35.5. The average Bonchev–Trinajstić information content (AvgIpc) is 2.68. The zero-order chi connectivity index (χ0) is 7.68. The summed E-state index contributed by atoms with van der Waals surface area (Å²) in [5.41, 5.74) is 0. The Bertz CT molecular complexity index is 242. The monoisotopic (exact) mass is 171 g/mol. The van der Waals surface area contributed by atoms with Crippen LogP contribution in [0.5, 0.6) is 0 Å². The van der Waals surface area contributed by atoms with E-state index < -0.39 is 0 Å². The van der Waals surface area contributed by atoms with E-state index in [1.807, 2.05) is 4.68 Å². The number of rotatable bonds is 3. The molecule has 60 valence electrons. The van der Waals surface area contributed by atoms with Crippen molar-refractivity contribution in [3.05, 3.63) is 12.2 Å². The molecule has 1 saturated carbocycles.